The molecule has 0 radical (unpaired) electrons. The summed E-state index contributed by atoms with van der Waals surface area (Å²) in [5.74, 6) is -1.30. The second-order valence-corrected chi connectivity index (χ2v) is 9.35. The molecule has 0 heterocycles. The lowest BCUT2D eigenvalue weighted by Crippen LogP contribution is -2.38. The van der Waals surface area contributed by atoms with Crippen LogP contribution >= 0.6 is 0 Å². The van der Waals surface area contributed by atoms with Crippen LogP contribution in [-0.4, -0.2) is 35.3 Å². The summed E-state index contributed by atoms with van der Waals surface area (Å²) >= 11 is 0. The zero-order valence-electron chi connectivity index (χ0n) is 22.1. The molecule has 0 fully saturated rings. The molecule has 0 unspecified atom stereocenters. The molecule has 0 rings (SSSR count). The average Bonchev–Trinajstić information content (AvgIpc) is 2.69. The molecule has 0 aliphatic carbocycles. The predicted octanol–water partition coefficient (Wildman–Crippen LogP) is 7.32. The molecule has 0 atom stereocenters. The highest BCUT2D eigenvalue weighted by Crippen LogP contribution is 2.25. The van der Waals surface area contributed by atoms with Crippen LogP contribution < -0.4 is 0 Å². The Hall–Kier alpha value is -2.10. The Balaban J connectivity index is 5.35. The summed E-state index contributed by atoms with van der Waals surface area (Å²) in [6, 6.07) is 0.456. The fourth-order valence-electron chi connectivity index (χ4n) is 3.84. The number of allylic oxidation sites excluding steroid dienone is 6. The summed E-state index contributed by atoms with van der Waals surface area (Å²) in [6.07, 6.45) is 10.4. The van der Waals surface area contributed by atoms with Crippen molar-refractivity contribution in [2.24, 2.45) is 0 Å². The number of esters is 1. The zero-order valence-corrected chi connectivity index (χ0v) is 22.1. The molecule has 0 saturated carbocycles. The lowest BCUT2D eigenvalue weighted by atomic mass is 9.99. The van der Waals surface area contributed by atoms with E-state index < -0.39 is 11.8 Å². The number of hydrogen-bond acceptors (Lipinski definition) is 4. The smallest absolute Gasteiger partial charge is 0.379 e. The van der Waals surface area contributed by atoms with Crippen LogP contribution in [0.15, 0.2) is 46.7 Å². The molecule has 0 saturated heterocycles. The van der Waals surface area contributed by atoms with Crippen molar-refractivity contribution in [2.75, 3.05) is 6.61 Å². The summed E-state index contributed by atoms with van der Waals surface area (Å²) in [5, 5.41) is 0. The van der Waals surface area contributed by atoms with Crippen LogP contribution in [0.1, 0.15) is 101 Å². The van der Waals surface area contributed by atoms with E-state index in [-0.39, 0.29) is 18.7 Å². The molecule has 182 valence electrons. The first-order valence-electron chi connectivity index (χ1n) is 12.1. The summed E-state index contributed by atoms with van der Waals surface area (Å²) in [7, 11) is 0. The van der Waals surface area contributed by atoms with Gasteiger partial charge in [0.2, 0.25) is 0 Å². The first-order valence-corrected chi connectivity index (χ1v) is 12.1. The number of ether oxygens (including phenoxy) is 1. The van der Waals surface area contributed by atoms with Gasteiger partial charge in [-0.3, -0.25) is 4.79 Å². The maximum absolute atomic E-state index is 12.7. The van der Waals surface area contributed by atoms with Gasteiger partial charge in [-0.15, -0.1) is 6.58 Å². The maximum atomic E-state index is 12.7. The lowest BCUT2D eigenvalue weighted by Gasteiger charge is -2.36. The van der Waals surface area contributed by atoms with E-state index in [0.717, 1.165) is 44.2 Å². The Labute approximate surface area is 197 Å². The first kappa shape index (κ1) is 29.9. The molecule has 4 heteroatoms. The number of carbonyl (C=O) groups is 2. The van der Waals surface area contributed by atoms with Crippen molar-refractivity contribution < 1.29 is 14.3 Å². The normalized spacial score (nSPS) is 13.3. The van der Waals surface area contributed by atoms with Gasteiger partial charge in [0.25, 0.3) is 5.78 Å². The maximum Gasteiger partial charge on any atom is 0.379 e. The van der Waals surface area contributed by atoms with Crippen molar-refractivity contribution in [1.29, 1.82) is 0 Å². The highest BCUT2D eigenvalue weighted by molar-refractivity contribution is 6.40. The van der Waals surface area contributed by atoms with Gasteiger partial charge in [0.05, 0.1) is 6.61 Å². The van der Waals surface area contributed by atoms with Gasteiger partial charge in [-0.1, -0.05) is 28.9 Å². The Morgan fingerprint density at radius 3 is 1.81 bits per heavy atom. The fraction of sp³-hybridized carbons (Fsp3) is 0.643. The molecule has 4 nitrogen and oxygen atoms in total. The first-order chi connectivity index (χ1) is 14.9. The largest absolute Gasteiger partial charge is 0.460 e. The number of hydrogen-bond donors (Lipinski definition) is 0. The van der Waals surface area contributed by atoms with Gasteiger partial charge in [-0.25, -0.2) is 4.79 Å². The summed E-state index contributed by atoms with van der Waals surface area (Å²) in [5.41, 5.74) is 5.38. The predicted molar refractivity (Wildman–Crippen MR) is 136 cm³/mol. The average molecular weight is 446 g/mol. The summed E-state index contributed by atoms with van der Waals surface area (Å²) in [6.45, 7) is 22.5. The number of ketones is 1. The fourth-order valence-corrected chi connectivity index (χ4v) is 3.84. The van der Waals surface area contributed by atoms with Gasteiger partial charge in [0.1, 0.15) is 0 Å². The van der Waals surface area contributed by atoms with Crippen molar-refractivity contribution >= 4 is 11.8 Å². The molecule has 0 spiro atoms. The van der Waals surface area contributed by atoms with E-state index in [0.29, 0.717) is 5.57 Å². The van der Waals surface area contributed by atoms with Crippen molar-refractivity contribution in [3.05, 3.63) is 46.7 Å². The minimum absolute atomic E-state index is 0.203. The monoisotopic (exact) mass is 445 g/mol. The third-order valence-electron chi connectivity index (χ3n) is 5.51. The molecular weight excluding hydrogens is 398 g/mol. The SMILES string of the molecule is C=C(C)CCC=C(C)CCC=C(C)CCC(=C(C)C(=O)C(=O)OCC)N(C(C)C)C(C)C. The number of rotatable bonds is 15. The van der Waals surface area contributed by atoms with E-state index in [2.05, 4.69) is 72.1 Å². The van der Waals surface area contributed by atoms with Crippen molar-refractivity contribution in [3.63, 3.8) is 0 Å². The molecule has 0 amide bonds. The molecule has 32 heavy (non-hydrogen) atoms. The Morgan fingerprint density at radius 2 is 1.34 bits per heavy atom. The van der Waals surface area contributed by atoms with Crippen molar-refractivity contribution in [3.8, 4) is 0 Å². The molecule has 0 aliphatic heterocycles. The Kier molecular flexibility index (Phi) is 14.6. The van der Waals surface area contributed by atoms with Crippen LogP contribution in [0.25, 0.3) is 0 Å². The molecule has 0 aromatic heterocycles. The minimum Gasteiger partial charge on any atom is -0.460 e. The van der Waals surface area contributed by atoms with E-state index in [1.54, 1.807) is 13.8 Å². The zero-order chi connectivity index (χ0) is 24.8. The van der Waals surface area contributed by atoms with Crippen LogP contribution in [-0.2, 0) is 14.3 Å². The second kappa shape index (κ2) is 15.7. The number of carbonyl (C=O) groups excluding carboxylic acids is 2. The van der Waals surface area contributed by atoms with Crippen LogP contribution in [0.5, 0.6) is 0 Å². The highest BCUT2D eigenvalue weighted by atomic mass is 16.5. The van der Waals surface area contributed by atoms with Crippen molar-refractivity contribution in [1.82, 2.24) is 4.90 Å². The third kappa shape index (κ3) is 11.5. The van der Waals surface area contributed by atoms with Gasteiger partial charge in [0.15, 0.2) is 0 Å². The number of nitrogens with zero attached hydrogens (tertiary/aromatic N) is 1. The van der Waals surface area contributed by atoms with E-state index >= 15 is 0 Å². The number of Topliss-reactive ketones (excluding diaryl/α,β-unsaturated/α-hetero) is 1. The molecule has 0 aromatic rings. The standard InChI is InChI=1S/C28H47NO3/c1-11-32-28(31)27(30)25(10)26(29(21(4)5)22(6)7)19-18-24(9)17-13-16-23(8)15-12-14-20(2)3/h15,17,21-22H,2,11-14,16,18-19H2,1,3-10H3. The van der Waals surface area contributed by atoms with Gasteiger partial charge in [-0.05, 0) is 101 Å². The molecule has 0 aromatic carbocycles. The molecule has 0 N–H and O–H groups in total. The van der Waals surface area contributed by atoms with Crippen LogP contribution in [0, 0.1) is 0 Å². The van der Waals surface area contributed by atoms with Gasteiger partial charge >= 0.3 is 5.97 Å². The minimum atomic E-state index is -0.767. The van der Waals surface area contributed by atoms with Gasteiger partial charge in [-0.2, -0.15) is 0 Å². The van der Waals surface area contributed by atoms with E-state index in [1.807, 2.05) is 0 Å². The molecule has 0 aliphatic rings. The topological polar surface area (TPSA) is 46.6 Å². The lowest BCUT2D eigenvalue weighted by molar-refractivity contribution is -0.151. The second-order valence-electron chi connectivity index (χ2n) is 9.35. The summed E-state index contributed by atoms with van der Waals surface area (Å²) in [4.78, 5) is 27.0. The van der Waals surface area contributed by atoms with Crippen LogP contribution in [0.4, 0.5) is 0 Å². The molecular formula is C28H47NO3. The Morgan fingerprint density at radius 1 is 0.844 bits per heavy atom. The van der Waals surface area contributed by atoms with Crippen molar-refractivity contribution in [2.45, 2.75) is 113 Å². The van der Waals surface area contributed by atoms with E-state index in [1.165, 1.54) is 16.7 Å². The van der Waals surface area contributed by atoms with E-state index in [9.17, 15) is 9.59 Å². The Bertz CT molecular complexity index is 715. The van der Waals surface area contributed by atoms with E-state index in [4.69, 9.17) is 4.74 Å². The van der Waals surface area contributed by atoms with Crippen LogP contribution in [0.3, 0.4) is 0 Å². The molecule has 0 bridgehead atoms. The van der Waals surface area contributed by atoms with Gasteiger partial charge in [0, 0.05) is 23.4 Å². The van der Waals surface area contributed by atoms with Crippen LogP contribution in [0.2, 0.25) is 0 Å². The van der Waals surface area contributed by atoms with Gasteiger partial charge < -0.3 is 9.64 Å². The highest BCUT2D eigenvalue weighted by Gasteiger charge is 2.25. The quantitative estimate of drug-likeness (QED) is 0.115. The summed E-state index contributed by atoms with van der Waals surface area (Å²) < 4.78 is 4.96. The third-order valence-corrected chi connectivity index (χ3v) is 5.51.